The van der Waals surface area contributed by atoms with Crippen LogP contribution < -0.4 is 15.3 Å². The van der Waals surface area contributed by atoms with Crippen LogP contribution in [0.1, 0.15) is 25.3 Å². The lowest BCUT2D eigenvalue weighted by Crippen LogP contribution is -2.16. The Kier molecular flexibility index (Phi) is 7.68. The van der Waals surface area contributed by atoms with Gasteiger partial charge in [-0.1, -0.05) is 30.4 Å². The summed E-state index contributed by atoms with van der Waals surface area (Å²) in [5, 5.41) is 0. The van der Waals surface area contributed by atoms with E-state index in [0.29, 0.717) is 13.2 Å². The highest BCUT2D eigenvalue weighted by Gasteiger charge is 2.13. The molecule has 0 aliphatic carbocycles. The zero-order valence-electron chi connectivity index (χ0n) is 15.6. The summed E-state index contributed by atoms with van der Waals surface area (Å²) in [5.74, 6) is 0.910. The lowest BCUT2D eigenvalue weighted by atomic mass is 10.2. The van der Waals surface area contributed by atoms with Crippen molar-refractivity contribution in [3.63, 3.8) is 0 Å². The molecule has 0 amide bonds. The summed E-state index contributed by atoms with van der Waals surface area (Å²) >= 11 is 1.69. The number of aryl methyl sites for hydroxylation is 1. The fraction of sp³-hybridized carbons (Fsp3) is 0.526. The molecule has 0 bridgehead atoms. The van der Waals surface area contributed by atoms with Crippen LogP contribution in [0.4, 0.5) is 0 Å². The van der Waals surface area contributed by atoms with Crippen molar-refractivity contribution in [3.8, 4) is 5.75 Å². The van der Waals surface area contributed by atoms with Gasteiger partial charge in [-0.25, -0.2) is 0 Å². The van der Waals surface area contributed by atoms with Crippen LogP contribution in [0.25, 0.3) is 10.2 Å². The first-order valence-corrected chi connectivity index (χ1v) is 9.53. The van der Waals surface area contributed by atoms with Crippen LogP contribution in [-0.2, 0) is 11.3 Å². The van der Waals surface area contributed by atoms with E-state index in [1.54, 1.807) is 18.4 Å². The van der Waals surface area contributed by atoms with Crippen molar-refractivity contribution in [3.05, 3.63) is 34.6 Å². The second kappa shape index (κ2) is 9.75. The van der Waals surface area contributed by atoms with Gasteiger partial charge in [-0.2, -0.15) is 0 Å². The molecule has 0 fully saturated rings. The van der Waals surface area contributed by atoms with Crippen LogP contribution in [0.2, 0.25) is 0 Å². The Morgan fingerprint density at radius 1 is 1.36 bits per heavy atom. The fourth-order valence-electron chi connectivity index (χ4n) is 2.82. The predicted octanol–water partition coefficient (Wildman–Crippen LogP) is 3.25. The minimum Gasteiger partial charge on any atom is -0.491 e. The molecular formula is C19H29N3O2S. The molecule has 5 nitrogen and oxygen atoms in total. The maximum atomic E-state index is 6.15. The zero-order chi connectivity index (χ0) is 18.2. The van der Waals surface area contributed by atoms with E-state index in [9.17, 15) is 0 Å². The number of rotatable bonds is 9. The van der Waals surface area contributed by atoms with E-state index in [4.69, 9.17) is 15.2 Å². The Hall–Kier alpha value is -1.63. The quantitative estimate of drug-likeness (QED) is 0.696. The number of thiazole rings is 1. The van der Waals surface area contributed by atoms with Gasteiger partial charge in [0.05, 0.1) is 17.4 Å². The summed E-state index contributed by atoms with van der Waals surface area (Å²) in [4.78, 5) is 5.41. The van der Waals surface area contributed by atoms with Crippen molar-refractivity contribution < 1.29 is 9.47 Å². The molecule has 0 saturated carbocycles. The molecule has 1 atom stereocenters. The topological polar surface area (TPSA) is 61.8 Å². The van der Waals surface area contributed by atoms with E-state index in [0.717, 1.165) is 35.5 Å². The Bertz CT molecular complexity index is 773. The highest BCUT2D eigenvalue weighted by Crippen LogP contribution is 2.30. The van der Waals surface area contributed by atoms with Crippen molar-refractivity contribution in [2.24, 2.45) is 10.7 Å². The smallest absolute Gasteiger partial charge is 0.185 e. The normalized spacial score (nSPS) is 13.9. The van der Waals surface area contributed by atoms with Crippen molar-refractivity contribution in [2.75, 3.05) is 27.3 Å². The van der Waals surface area contributed by atoms with E-state index in [1.165, 1.54) is 10.3 Å². The Morgan fingerprint density at radius 2 is 2.16 bits per heavy atom. The first-order valence-electron chi connectivity index (χ1n) is 8.72. The third-order valence-corrected chi connectivity index (χ3v) is 5.27. The molecule has 2 N–H and O–H groups in total. The molecule has 0 spiro atoms. The lowest BCUT2D eigenvalue weighted by molar-refractivity contribution is 0.0785. The largest absolute Gasteiger partial charge is 0.491 e. The van der Waals surface area contributed by atoms with Gasteiger partial charge in [-0.15, -0.1) is 0 Å². The van der Waals surface area contributed by atoms with Crippen molar-refractivity contribution in [2.45, 2.75) is 39.3 Å². The first kappa shape index (κ1) is 19.7. The van der Waals surface area contributed by atoms with Gasteiger partial charge in [0.25, 0.3) is 0 Å². The summed E-state index contributed by atoms with van der Waals surface area (Å²) in [6.07, 6.45) is 6.15. The van der Waals surface area contributed by atoms with Gasteiger partial charge in [-0.05, 0) is 31.0 Å². The van der Waals surface area contributed by atoms with Crippen LogP contribution in [0.15, 0.2) is 29.3 Å². The van der Waals surface area contributed by atoms with Gasteiger partial charge in [0.15, 0.2) is 4.80 Å². The molecule has 0 radical (unpaired) electrons. The molecular weight excluding hydrogens is 334 g/mol. The molecule has 0 saturated heterocycles. The molecule has 1 heterocycles. The molecule has 2 rings (SSSR count). The summed E-state index contributed by atoms with van der Waals surface area (Å²) in [6.45, 7) is 6.14. The molecule has 6 heteroatoms. The SMILES string of the molecule is CCC(CCOc1cc(C)cc2sc(=NC)n(C/C=C/CN)c12)OC. The van der Waals surface area contributed by atoms with Crippen LogP contribution in [0.3, 0.4) is 0 Å². The van der Waals surface area contributed by atoms with Gasteiger partial charge >= 0.3 is 0 Å². The molecule has 2 aromatic rings. The van der Waals surface area contributed by atoms with Gasteiger partial charge in [0.1, 0.15) is 11.3 Å². The van der Waals surface area contributed by atoms with Crippen LogP contribution in [0, 0.1) is 6.92 Å². The summed E-state index contributed by atoms with van der Waals surface area (Å²) in [5.41, 5.74) is 7.86. The summed E-state index contributed by atoms with van der Waals surface area (Å²) < 4.78 is 15.0. The van der Waals surface area contributed by atoms with Crippen LogP contribution >= 0.6 is 11.3 Å². The predicted molar refractivity (Wildman–Crippen MR) is 105 cm³/mol. The number of allylic oxidation sites excluding steroid dienone is 1. The molecule has 1 aromatic carbocycles. The van der Waals surface area contributed by atoms with Gasteiger partial charge in [0, 0.05) is 33.7 Å². The highest BCUT2D eigenvalue weighted by molar-refractivity contribution is 7.16. The van der Waals surface area contributed by atoms with Gasteiger partial charge < -0.3 is 19.8 Å². The van der Waals surface area contributed by atoms with Gasteiger partial charge in [-0.3, -0.25) is 4.99 Å². The molecule has 0 aliphatic rings. The highest BCUT2D eigenvalue weighted by atomic mass is 32.1. The fourth-order valence-corrected chi connectivity index (χ4v) is 3.93. The summed E-state index contributed by atoms with van der Waals surface area (Å²) in [6, 6.07) is 4.29. The monoisotopic (exact) mass is 363 g/mol. The number of hydrogen-bond acceptors (Lipinski definition) is 5. The summed E-state index contributed by atoms with van der Waals surface area (Å²) in [7, 11) is 3.58. The third-order valence-electron chi connectivity index (χ3n) is 4.15. The molecule has 1 unspecified atom stereocenters. The number of ether oxygens (including phenoxy) is 2. The second-order valence-electron chi connectivity index (χ2n) is 5.94. The van der Waals surface area contributed by atoms with E-state index in [1.807, 2.05) is 13.1 Å². The Morgan fingerprint density at radius 3 is 2.80 bits per heavy atom. The van der Waals surface area contributed by atoms with E-state index in [2.05, 4.69) is 41.6 Å². The average molecular weight is 364 g/mol. The van der Waals surface area contributed by atoms with Crippen molar-refractivity contribution in [1.82, 2.24) is 4.57 Å². The minimum atomic E-state index is 0.239. The lowest BCUT2D eigenvalue weighted by Gasteiger charge is -2.15. The second-order valence-corrected chi connectivity index (χ2v) is 6.95. The van der Waals surface area contributed by atoms with E-state index in [-0.39, 0.29) is 6.10 Å². The standard InChI is InChI=1S/C19H29N3O2S/c1-5-15(23-4)8-11-24-16-12-14(2)13-17-18(16)22(10-7-6-9-20)19(21-3)25-17/h6-7,12-13,15H,5,8-11,20H2,1-4H3/b7-6+,21-19?. The maximum Gasteiger partial charge on any atom is 0.185 e. The number of benzene rings is 1. The number of aromatic nitrogens is 1. The van der Waals surface area contributed by atoms with Crippen LogP contribution in [0.5, 0.6) is 5.75 Å². The Balaban J connectivity index is 2.37. The number of hydrogen-bond donors (Lipinski definition) is 1. The molecule has 0 aliphatic heterocycles. The zero-order valence-corrected chi connectivity index (χ0v) is 16.4. The first-order chi connectivity index (χ1) is 12.1. The molecule has 25 heavy (non-hydrogen) atoms. The molecule has 138 valence electrons. The number of nitrogens with zero attached hydrogens (tertiary/aromatic N) is 2. The maximum absolute atomic E-state index is 6.15. The Labute approximate surface area is 153 Å². The number of fused-ring (bicyclic) bond motifs is 1. The average Bonchev–Trinajstić information content (AvgIpc) is 2.96. The number of nitrogens with two attached hydrogens (primary N) is 1. The van der Waals surface area contributed by atoms with Crippen molar-refractivity contribution in [1.29, 1.82) is 0 Å². The van der Waals surface area contributed by atoms with E-state index < -0.39 is 0 Å². The minimum absolute atomic E-state index is 0.239. The van der Waals surface area contributed by atoms with Gasteiger partial charge in [0.2, 0.25) is 0 Å². The third kappa shape index (κ3) is 4.93. The number of methoxy groups -OCH3 is 1. The van der Waals surface area contributed by atoms with E-state index >= 15 is 0 Å². The van der Waals surface area contributed by atoms with Crippen LogP contribution in [-0.4, -0.2) is 38.0 Å². The van der Waals surface area contributed by atoms with Crippen molar-refractivity contribution >= 4 is 21.6 Å². The molecule has 1 aromatic heterocycles.